The molecule has 3 aromatic rings. The Balaban J connectivity index is 1.85. The van der Waals surface area contributed by atoms with Crippen LogP contribution in [0.4, 0.5) is 5.00 Å². The van der Waals surface area contributed by atoms with Crippen molar-refractivity contribution >= 4 is 28.2 Å². The average Bonchev–Trinajstić information content (AvgIpc) is 3.08. The Morgan fingerprint density at radius 1 is 1.07 bits per heavy atom. The van der Waals surface area contributed by atoms with Crippen LogP contribution in [0.2, 0.25) is 0 Å². The fraction of sp³-hybridized carbons (Fsp3) is 0.208. The number of rotatable bonds is 7. The number of amides is 1. The molecule has 0 aliphatic carbocycles. The van der Waals surface area contributed by atoms with E-state index in [2.05, 4.69) is 11.4 Å². The molecule has 0 saturated heterocycles. The average molecular weight is 419 g/mol. The number of nitriles is 1. The molecule has 1 N–H and O–H groups in total. The fourth-order valence-corrected chi connectivity index (χ4v) is 4.36. The van der Waals surface area contributed by atoms with Gasteiger partial charge >= 0.3 is 5.97 Å². The highest BCUT2D eigenvalue weighted by Gasteiger charge is 2.24. The van der Waals surface area contributed by atoms with Crippen LogP contribution in [0.25, 0.3) is 0 Å². The van der Waals surface area contributed by atoms with Gasteiger partial charge in [-0.1, -0.05) is 60.7 Å². The molecular weight excluding hydrogens is 396 g/mol. The molecule has 2 aromatic carbocycles. The van der Waals surface area contributed by atoms with E-state index >= 15 is 0 Å². The van der Waals surface area contributed by atoms with Crippen LogP contribution in [0, 0.1) is 18.3 Å². The van der Waals surface area contributed by atoms with Gasteiger partial charge in [-0.05, 0) is 30.5 Å². The third-order valence-electron chi connectivity index (χ3n) is 4.77. The van der Waals surface area contributed by atoms with Crippen molar-refractivity contribution in [1.29, 1.82) is 5.26 Å². The zero-order valence-corrected chi connectivity index (χ0v) is 17.7. The summed E-state index contributed by atoms with van der Waals surface area (Å²) in [6, 6.07) is 21.8. The minimum Gasteiger partial charge on any atom is -0.462 e. The monoisotopic (exact) mass is 418 g/mol. The summed E-state index contributed by atoms with van der Waals surface area (Å²) in [4.78, 5) is 25.4. The fourth-order valence-electron chi connectivity index (χ4n) is 3.29. The summed E-state index contributed by atoms with van der Waals surface area (Å²) in [6.45, 7) is 3.66. The summed E-state index contributed by atoms with van der Waals surface area (Å²) in [7, 11) is 0. The molecule has 0 saturated carbocycles. The van der Waals surface area contributed by atoms with E-state index in [4.69, 9.17) is 4.74 Å². The summed E-state index contributed by atoms with van der Waals surface area (Å²) in [5, 5.41) is 12.7. The van der Waals surface area contributed by atoms with E-state index in [0.29, 0.717) is 21.0 Å². The highest BCUT2D eigenvalue weighted by atomic mass is 32.1. The number of benzene rings is 2. The van der Waals surface area contributed by atoms with Gasteiger partial charge in [-0.25, -0.2) is 4.79 Å². The van der Waals surface area contributed by atoms with Crippen LogP contribution in [0.3, 0.4) is 0 Å². The number of ether oxygens (including phenoxy) is 1. The lowest BCUT2D eigenvalue weighted by molar-refractivity contribution is -0.116. The Kier molecular flexibility index (Phi) is 6.99. The van der Waals surface area contributed by atoms with Gasteiger partial charge < -0.3 is 10.1 Å². The predicted octanol–water partition coefficient (Wildman–Crippen LogP) is 5.27. The van der Waals surface area contributed by atoms with Crippen LogP contribution in [-0.2, 0) is 9.53 Å². The molecule has 0 bridgehead atoms. The lowest BCUT2D eigenvalue weighted by Gasteiger charge is -2.17. The van der Waals surface area contributed by atoms with Crippen molar-refractivity contribution in [3.05, 3.63) is 87.8 Å². The van der Waals surface area contributed by atoms with Crippen molar-refractivity contribution in [2.24, 2.45) is 0 Å². The lowest BCUT2D eigenvalue weighted by atomic mass is 9.88. The number of carbonyl (C=O) groups is 2. The number of hydrogen-bond donors (Lipinski definition) is 1. The summed E-state index contributed by atoms with van der Waals surface area (Å²) in [5.41, 5.74) is 2.90. The van der Waals surface area contributed by atoms with E-state index in [9.17, 15) is 14.9 Å². The number of hydrogen-bond acceptors (Lipinski definition) is 5. The van der Waals surface area contributed by atoms with Gasteiger partial charge in [0.15, 0.2) is 0 Å². The Bertz CT molecular complexity index is 1030. The molecule has 0 atom stereocenters. The smallest absolute Gasteiger partial charge is 0.348 e. The Hall–Kier alpha value is -3.43. The summed E-state index contributed by atoms with van der Waals surface area (Å²) in [6.07, 6.45) is 0.213. The highest BCUT2D eigenvalue weighted by Crippen LogP contribution is 2.34. The van der Waals surface area contributed by atoms with Crippen LogP contribution in [0.15, 0.2) is 60.7 Å². The van der Waals surface area contributed by atoms with Crippen molar-refractivity contribution in [2.45, 2.75) is 26.2 Å². The van der Waals surface area contributed by atoms with E-state index < -0.39 is 5.97 Å². The molecule has 1 heterocycles. The molecule has 0 aliphatic heterocycles. The second kappa shape index (κ2) is 9.86. The van der Waals surface area contributed by atoms with Gasteiger partial charge in [0.1, 0.15) is 15.9 Å². The normalized spacial score (nSPS) is 10.5. The minimum absolute atomic E-state index is 0.122. The van der Waals surface area contributed by atoms with Crippen LogP contribution in [0.1, 0.15) is 51.2 Å². The summed E-state index contributed by atoms with van der Waals surface area (Å²) < 4.78 is 5.06. The number of nitrogens with one attached hydrogen (secondary N) is 1. The van der Waals surface area contributed by atoms with E-state index in [-0.39, 0.29) is 24.9 Å². The van der Waals surface area contributed by atoms with Crippen molar-refractivity contribution < 1.29 is 14.3 Å². The predicted molar refractivity (Wildman–Crippen MR) is 118 cm³/mol. The molecule has 0 unspecified atom stereocenters. The molecule has 1 aromatic heterocycles. The van der Waals surface area contributed by atoms with Crippen molar-refractivity contribution in [2.75, 3.05) is 11.9 Å². The highest BCUT2D eigenvalue weighted by molar-refractivity contribution is 7.18. The third-order valence-corrected chi connectivity index (χ3v) is 5.95. The molecule has 3 rings (SSSR count). The zero-order valence-electron chi connectivity index (χ0n) is 16.8. The van der Waals surface area contributed by atoms with Crippen molar-refractivity contribution in [3.63, 3.8) is 0 Å². The largest absolute Gasteiger partial charge is 0.462 e. The molecule has 0 radical (unpaired) electrons. The van der Waals surface area contributed by atoms with Crippen LogP contribution < -0.4 is 5.32 Å². The van der Waals surface area contributed by atoms with Crippen molar-refractivity contribution in [1.82, 2.24) is 0 Å². The first-order chi connectivity index (χ1) is 14.5. The van der Waals surface area contributed by atoms with Gasteiger partial charge in [-0.15, -0.1) is 11.3 Å². The second-order valence-corrected chi connectivity index (χ2v) is 7.74. The SMILES string of the molecule is CCOC(=O)c1sc(NC(=O)CC(c2ccccc2)c2ccccc2)c(C#N)c1C. The second-order valence-electron chi connectivity index (χ2n) is 6.72. The number of esters is 1. The lowest BCUT2D eigenvalue weighted by Crippen LogP contribution is -2.16. The van der Waals surface area contributed by atoms with E-state index in [1.54, 1.807) is 13.8 Å². The standard InChI is InChI=1S/C24H22N2O3S/c1-3-29-24(28)22-16(2)20(15-25)23(30-22)26-21(27)14-19(17-10-6-4-7-11-17)18-12-8-5-9-13-18/h4-13,19H,3,14H2,1-2H3,(H,26,27). The molecular formula is C24H22N2O3S. The Labute approximate surface area is 179 Å². The van der Waals surface area contributed by atoms with E-state index in [0.717, 1.165) is 22.5 Å². The maximum absolute atomic E-state index is 12.9. The maximum atomic E-state index is 12.9. The van der Waals surface area contributed by atoms with Gasteiger partial charge in [-0.2, -0.15) is 5.26 Å². The van der Waals surface area contributed by atoms with Crippen LogP contribution in [-0.4, -0.2) is 18.5 Å². The molecule has 152 valence electrons. The first-order valence-corrected chi connectivity index (χ1v) is 10.5. The maximum Gasteiger partial charge on any atom is 0.348 e. The van der Waals surface area contributed by atoms with Crippen molar-refractivity contribution in [3.8, 4) is 6.07 Å². The van der Waals surface area contributed by atoms with Crippen LogP contribution >= 0.6 is 11.3 Å². The molecule has 0 aliphatic rings. The molecule has 1 amide bonds. The number of thiophene rings is 1. The first-order valence-electron chi connectivity index (χ1n) is 9.65. The number of nitrogens with zero attached hydrogens (tertiary/aromatic N) is 1. The van der Waals surface area contributed by atoms with Gasteiger partial charge in [0.2, 0.25) is 5.91 Å². The van der Waals surface area contributed by atoms with Gasteiger partial charge in [0, 0.05) is 12.3 Å². The van der Waals surface area contributed by atoms with E-state index in [1.807, 2.05) is 60.7 Å². The summed E-state index contributed by atoms with van der Waals surface area (Å²) >= 11 is 1.08. The number of anilines is 1. The van der Waals surface area contributed by atoms with Gasteiger partial charge in [0.05, 0.1) is 12.2 Å². The molecule has 30 heavy (non-hydrogen) atoms. The van der Waals surface area contributed by atoms with Crippen LogP contribution in [0.5, 0.6) is 0 Å². The topological polar surface area (TPSA) is 79.2 Å². The van der Waals surface area contributed by atoms with Gasteiger partial charge in [0.25, 0.3) is 0 Å². The summed E-state index contributed by atoms with van der Waals surface area (Å²) in [5.74, 6) is -0.826. The number of carbonyl (C=O) groups excluding carboxylic acids is 2. The molecule has 5 nitrogen and oxygen atoms in total. The first kappa shape index (κ1) is 21.3. The zero-order chi connectivity index (χ0) is 21.5. The molecule has 0 spiro atoms. The Morgan fingerprint density at radius 3 is 2.13 bits per heavy atom. The quantitative estimate of drug-likeness (QED) is 0.531. The van der Waals surface area contributed by atoms with E-state index in [1.165, 1.54) is 0 Å². The van der Waals surface area contributed by atoms with Gasteiger partial charge in [-0.3, -0.25) is 4.79 Å². The molecule has 0 fully saturated rings. The minimum atomic E-state index is -0.483. The molecule has 6 heteroatoms. The Morgan fingerprint density at radius 2 is 1.63 bits per heavy atom. The third kappa shape index (κ3) is 4.76.